The van der Waals surface area contributed by atoms with Crippen molar-refractivity contribution >= 4 is 35.0 Å². The van der Waals surface area contributed by atoms with E-state index in [1.807, 2.05) is 0 Å². The lowest BCUT2D eigenvalue weighted by Crippen LogP contribution is -2.25. The first-order chi connectivity index (χ1) is 15.4. The normalized spacial score (nSPS) is 12.3. The van der Waals surface area contributed by atoms with E-state index in [4.69, 9.17) is 4.42 Å². The summed E-state index contributed by atoms with van der Waals surface area (Å²) in [5.41, 5.74) is -1.51. The molecular formula is C21H22F3N5O3S. The van der Waals surface area contributed by atoms with E-state index in [0.717, 1.165) is 34.3 Å². The molecule has 0 bridgehead atoms. The first-order valence-electron chi connectivity index (χ1n) is 9.62. The molecule has 1 amide bonds. The summed E-state index contributed by atoms with van der Waals surface area (Å²) >= 11 is 0.846. The highest BCUT2D eigenvalue weighted by Gasteiger charge is 2.38. The highest BCUT2D eigenvalue weighted by atomic mass is 32.1. The number of carbonyl (C=O) groups is 1. The number of alkyl halides is 3. The van der Waals surface area contributed by atoms with Crippen molar-refractivity contribution in [3.63, 3.8) is 0 Å². The molecule has 0 fully saturated rings. The minimum Gasteiger partial charge on any atom is -0.505 e. The number of furan rings is 1. The van der Waals surface area contributed by atoms with Crippen molar-refractivity contribution in [1.82, 2.24) is 13.6 Å². The lowest BCUT2D eigenvalue weighted by molar-refractivity contribution is -0.138. The van der Waals surface area contributed by atoms with E-state index in [9.17, 15) is 23.1 Å². The van der Waals surface area contributed by atoms with Gasteiger partial charge in [-0.15, -0.1) is 0 Å². The third-order valence-corrected chi connectivity index (χ3v) is 5.19. The van der Waals surface area contributed by atoms with Gasteiger partial charge in [-0.1, -0.05) is 12.2 Å². The number of hydrogen-bond donors (Lipinski definition) is 3. The van der Waals surface area contributed by atoms with E-state index in [1.165, 1.54) is 14.1 Å². The molecule has 0 radical (unpaired) electrons. The number of halogens is 3. The van der Waals surface area contributed by atoms with Gasteiger partial charge < -0.3 is 25.1 Å². The van der Waals surface area contributed by atoms with Gasteiger partial charge in [0, 0.05) is 14.1 Å². The monoisotopic (exact) mass is 481 g/mol. The summed E-state index contributed by atoms with van der Waals surface area (Å²) in [4.78, 5) is 13.4. The number of aryl methyl sites for hydroxylation is 1. The largest absolute Gasteiger partial charge is 0.505 e. The van der Waals surface area contributed by atoms with E-state index >= 15 is 0 Å². The van der Waals surface area contributed by atoms with Crippen LogP contribution in [0.3, 0.4) is 0 Å². The average Bonchev–Trinajstić information content (AvgIpc) is 3.34. The maximum Gasteiger partial charge on any atom is 0.417 e. The number of carbonyl (C=O) groups excluding carboxylic acids is 1. The summed E-state index contributed by atoms with van der Waals surface area (Å²) in [6.07, 6.45) is -4.83. The Morgan fingerprint density at radius 1 is 1.21 bits per heavy atom. The van der Waals surface area contributed by atoms with Gasteiger partial charge in [0.25, 0.3) is 5.91 Å². The molecule has 12 heteroatoms. The van der Waals surface area contributed by atoms with Crippen molar-refractivity contribution in [3.8, 4) is 5.75 Å². The molecule has 0 saturated heterocycles. The molecule has 3 aromatic rings. The van der Waals surface area contributed by atoms with Crippen LogP contribution in [0.4, 0.5) is 30.5 Å². The SMILES string of the molecule is C=C(C)C(Nc1nsnc1Nc1ccc(C(F)(F)F)c(C(=O)N(C)C)c1O)c1ccc(C)o1. The molecule has 0 saturated carbocycles. The predicted octanol–water partition coefficient (Wildman–Crippen LogP) is 5.34. The molecule has 0 spiro atoms. The molecule has 1 aromatic carbocycles. The summed E-state index contributed by atoms with van der Waals surface area (Å²) in [7, 11) is 2.59. The molecule has 0 aliphatic heterocycles. The van der Waals surface area contributed by atoms with Gasteiger partial charge in [-0.25, -0.2) is 0 Å². The Morgan fingerprint density at radius 3 is 2.42 bits per heavy atom. The highest BCUT2D eigenvalue weighted by Crippen LogP contribution is 2.41. The van der Waals surface area contributed by atoms with Crippen molar-refractivity contribution in [3.05, 3.63) is 59.1 Å². The quantitative estimate of drug-likeness (QED) is 0.309. The highest BCUT2D eigenvalue weighted by molar-refractivity contribution is 6.99. The molecule has 3 rings (SSSR count). The van der Waals surface area contributed by atoms with E-state index in [-0.39, 0.29) is 17.3 Å². The molecule has 3 N–H and O–H groups in total. The second kappa shape index (κ2) is 9.14. The van der Waals surface area contributed by atoms with Crippen LogP contribution < -0.4 is 10.6 Å². The molecule has 0 aliphatic rings. The standard InChI is InChI=1S/C21H22F3N5O3S/c1-10(2)16(14-9-6-11(3)32-14)26-19-18(27-33-28-19)25-13-8-7-12(21(22,23)24)15(17(13)30)20(31)29(4)5/h6-9,16,30H,1H2,2-5H3,(H,25,27)(H,26,28). The number of anilines is 3. The molecule has 0 aliphatic carbocycles. The number of nitrogens with zero attached hydrogens (tertiary/aromatic N) is 3. The second-order valence-electron chi connectivity index (χ2n) is 7.54. The van der Waals surface area contributed by atoms with Crippen LogP contribution in [0.25, 0.3) is 0 Å². The van der Waals surface area contributed by atoms with Gasteiger partial charge in [-0.05, 0) is 38.1 Å². The lowest BCUT2D eigenvalue weighted by atomic mass is 10.0. The van der Waals surface area contributed by atoms with Crippen molar-refractivity contribution in [2.45, 2.75) is 26.1 Å². The molecule has 8 nitrogen and oxygen atoms in total. The van der Waals surface area contributed by atoms with Crippen LogP contribution in [0.15, 0.2) is 40.8 Å². The number of benzene rings is 1. The topological polar surface area (TPSA) is 104 Å². The van der Waals surface area contributed by atoms with Crippen LogP contribution in [-0.4, -0.2) is 38.8 Å². The van der Waals surface area contributed by atoms with Crippen LogP contribution in [0, 0.1) is 6.92 Å². The minimum absolute atomic E-state index is 0.135. The number of phenolic OH excluding ortho intramolecular Hbond substituents is 1. The van der Waals surface area contributed by atoms with Crippen molar-refractivity contribution in [2.24, 2.45) is 0 Å². The maximum atomic E-state index is 13.5. The van der Waals surface area contributed by atoms with Gasteiger partial charge in [-0.2, -0.15) is 21.9 Å². The fraction of sp³-hybridized carbons (Fsp3) is 0.286. The van der Waals surface area contributed by atoms with Crippen LogP contribution in [0.2, 0.25) is 0 Å². The minimum atomic E-state index is -4.83. The summed E-state index contributed by atoms with van der Waals surface area (Å²) in [5, 5.41) is 16.5. The fourth-order valence-corrected chi connectivity index (χ4v) is 3.52. The summed E-state index contributed by atoms with van der Waals surface area (Å²) in [6.45, 7) is 7.55. The lowest BCUT2D eigenvalue weighted by Gasteiger charge is -2.20. The smallest absolute Gasteiger partial charge is 0.417 e. The number of phenols is 1. The Balaban J connectivity index is 1.97. The summed E-state index contributed by atoms with van der Waals surface area (Å²) in [6, 6.07) is 4.90. The van der Waals surface area contributed by atoms with Gasteiger partial charge in [-0.3, -0.25) is 4.79 Å². The third-order valence-electron chi connectivity index (χ3n) is 4.66. The molecule has 176 valence electrons. The number of aromatic hydroxyl groups is 1. The van der Waals surface area contributed by atoms with Gasteiger partial charge in [0.05, 0.1) is 28.5 Å². The molecule has 1 unspecified atom stereocenters. The van der Waals surface area contributed by atoms with Crippen LogP contribution in [-0.2, 0) is 6.18 Å². The fourth-order valence-electron chi connectivity index (χ4n) is 3.04. The predicted molar refractivity (Wildman–Crippen MR) is 119 cm³/mol. The molecule has 33 heavy (non-hydrogen) atoms. The molecule has 2 aromatic heterocycles. The van der Waals surface area contributed by atoms with Gasteiger partial charge >= 0.3 is 6.18 Å². The Bertz CT molecular complexity index is 1190. The summed E-state index contributed by atoms with van der Waals surface area (Å²) in [5.74, 6) is -0.125. The average molecular weight is 482 g/mol. The molecule has 1 atom stereocenters. The van der Waals surface area contributed by atoms with E-state index in [2.05, 4.69) is 26.0 Å². The summed E-state index contributed by atoms with van der Waals surface area (Å²) < 4.78 is 54.3. The van der Waals surface area contributed by atoms with Crippen LogP contribution in [0.1, 0.15) is 40.4 Å². The van der Waals surface area contributed by atoms with E-state index in [0.29, 0.717) is 11.5 Å². The Kier molecular flexibility index (Phi) is 6.68. The second-order valence-corrected chi connectivity index (χ2v) is 8.07. The van der Waals surface area contributed by atoms with E-state index in [1.54, 1.807) is 26.0 Å². The van der Waals surface area contributed by atoms with Crippen LogP contribution in [0.5, 0.6) is 5.75 Å². The van der Waals surface area contributed by atoms with E-state index < -0.39 is 35.0 Å². The third kappa shape index (κ3) is 5.11. The number of aromatic nitrogens is 2. The number of hydrogen-bond acceptors (Lipinski definition) is 8. The van der Waals surface area contributed by atoms with Gasteiger partial charge in [0.1, 0.15) is 17.6 Å². The zero-order valence-electron chi connectivity index (χ0n) is 18.2. The number of nitrogens with one attached hydrogen (secondary N) is 2. The molecule has 2 heterocycles. The maximum absolute atomic E-state index is 13.5. The first-order valence-corrected chi connectivity index (χ1v) is 10.4. The first kappa shape index (κ1) is 24.1. The Hall–Kier alpha value is -3.54. The zero-order chi connectivity index (χ0) is 24.5. The van der Waals surface area contributed by atoms with Crippen molar-refractivity contribution in [1.29, 1.82) is 0 Å². The Labute approximate surface area is 192 Å². The number of rotatable bonds is 7. The number of amides is 1. The molecular weight excluding hydrogens is 459 g/mol. The van der Waals surface area contributed by atoms with Gasteiger partial charge in [0.2, 0.25) is 0 Å². The zero-order valence-corrected chi connectivity index (χ0v) is 19.1. The van der Waals surface area contributed by atoms with Crippen molar-refractivity contribution in [2.75, 3.05) is 24.7 Å². The van der Waals surface area contributed by atoms with Gasteiger partial charge in [0.15, 0.2) is 17.4 Å². The Morgan fingerprint density at radius 2 is 1.88 bits per heavy atom. The van der Waals surface area contributed by atoms with Crippen molar-refractivity contribution < 1.29 is 27.5 Å². The van der Waals surface area contributed by atoms with Crippen LogP contribution >= 0.6 is 11.7 Å².